The van der Waals surface area contributed by atoms with E-state index in [1.807, 2.05) is 0 Å². The first-order valence-electron chi connectivity index (χ1n) is 1.40. The van der Waals surface area contributed by atoms with E-state index in [0.717, 1.165) is 0 Å². The van der Waals surface area contributed by atoms with Crippen LogP contribution in [0.4, 0.5) is 25.2 Å². The molecule has 0 saturated heterocycles. The predicted octanol–water partition coefficient (Wildman–Crippen LogP) is 3.64. The largest absolute Gasteiger partial charge is 1.00 e. The molecule has 0 atom stereocenters. The van der Waals surface area contributed by atoms with Crippen LogP contribution < -0.4 is 0 Å². The molecule has 0 aliphatic heterocycles. The number of halogens is 6. The summed E-state index contributed by atoms with van der Waals surface area (Å²) in [6.07, 6.45) is 0. The first-order chi connectivity index (χ1) is 3.86. The summed E-state index contributed by atoms with van der Waals surface area (Å²) in [7, 11) is -10.7. The molecule has 3 nitrogen and oxygen atoms in total. The van der Waals surface area contributed by atoms with E-state index in [-0.39, 0.29) is 1.43 Å². The molecule has 0 heterocycles. The Morgan fingerprint density at radius 2 is 1.10 bits per heavy atom. The summed E-state index contributed by atoms with van der Waals surface area (Å²) in [5.74, 6) is 0. The first kappa shape index (κ1) is 12.1. The minimum Gasteiger partial charge on any atom is -0.379 e. The fourth-order valence-corrected chi connectivity index (χ4v) is 0. The quantitative estimate of drug-likeness (QED) is 0.276. The molecular formula is H2F6NO2P. The third kappa shape index (κ3) is 875. The Labute approximate surface area is 51.3 Å². The molecule has 1 N–H and O–H groups in total. The average Bonchev–Trinajstić information content (AvgIpc) is 1.20. The van der Waals surface area contributed by atoms with Gasteiger partial charge in [-0.15, -0.1) is 4.91 Å². The molecule has 0 aromatic rings. The summed E-state index contributed by atoms with van der Waals surface area (Å²) >= 11 is 0. The molecular weight excluding hydrogens is 191 g/mol. The van der Waals surface area contributed by atoms with Crippen molar-refractivity contribution in [1.29, 1.82) is 0 Å². The van der Waals surface area contributed by atoms with Crippen molar-refractivity contribution in [2.45, 2.75) is 0 Å². The van der Waals surface area contributed by atoms with Crippen LogP contribution in [0.25, 0.3) is 0 Å². The van der Waals surface area contributed by atoms with E-state index in [1.165, 1.54) is 5.34 Å². The van der Waals surface area contributed by atoms with Crippen molar-refractivity contribution >= 4 is 7.81 Å². The topological polar surface area (TPSA) is 49.7 Å². The molecule has 0 aliphatic rings. The third-order valence-corrected chi connectivity index (χ3v) is 0. The Morgan fingerprint density at radius 3 is 1.10 bits per heavy atom. The summed E-state index contributed by atoms with van der Waals surface area (Å²) in [5, 5.41) is 7.89. The predicted molar refractivity (Wildman–Crippen MR) is 22.3 cm³/mol. The molecule has 66 valence electrons. The molecule has 0 amide bonds. The second-order valence-corrected chi connectivity index (χ2v) is 2.96. The van der Waals surface area contributed by atoms with Crippen molar-refractivity contribution in [2.24, 2.45) is 5.34 Å². The molecule has 0 radical (unpaired) electrons. The van der Waals surface area contributed by atoms with Crippen LogP contribution in [0.15, 0.2) is 5.34 Å². The molecule has 0 bridgehead atoms. The summed E-state index contributed by atoms with van der Waals surface area (Å²) < 4.78 is 59.2. The third-order valence-electron chi connectivity index (χ3n) is 0. The zero-order valence-electron chi connectivity index (χ0n) is 5.02. The Balaban J connectivity index is -0.000000140. The van der Waals surface area contributed by atoms with Crippen LogP contribution in [0, 0.1) is 4.91 Å². The zero-order chi connectivity index (χ0) is 9.12. The Hall–Kier alpha value is -0.590. The Kier molecular flexibility index (Phi) is 2.36. The minimum absolute atomic E-state index is 0. The van der Waals surface area contributed by atoms with Crippen LogP contribution in [0.3, 0.4) is 0 Å². The standard InChI is InChI=1S/F6P.HNO2/c1-7(2,3,4,5)6;2-1-3/h;(H,2,3)/q-1;/p+1. The fourth-order valence-electron chi connectivity index (χ4n) is 0. The summed E-state index contributed by atoms with van der Waals surface area (Å²) in [6.45, 7) is 0. The average molecular weight is 193 g/mol. The van der Waals surface area contributed by atoms with Crippen molar-refractivity contribution in [3.05, 3.63) is 4.91 Å². The SMILES string of the molecule is F[P-](F)(F)(F)(F)F.O=NO.[H+]. The number of hydrogen-bond acceptors (Lipinski definition) is 2. The second-order valence-electron chi connectivity index (χ2n) is 1.04. The first-order valence-corrected chi connectivity index (χ1v) is 3.43. The van der Waals surface area contributed by atoms with Gasteiger partial charge < -0.3 is 5.21 Å². The fraction of sp³-hybridized carbons (Fsp3) is 0. The van der Waals surface area contributed by atoms with Crippen LogP contribution in [0.2, 0.25) is 0 Å². The summed E-state index contributed by atoms with van der Waals surface area (Å²) in [6, 6.07) is 0. The van der Waals surface area contributed by atoms with E-state index in [2.05, 4.69) is 0 Å². The monoisotopic (exact) mass is 193 g/mol. The molecule has 0 spiro atoms. The van der Waals surface area contributed by atoms with Gasteiger partial charge in [0, 0.05) is 0 Å². The number of nitrogens with zero attached hydrogens (tertiary/aromatic N) is 1. The van der Waals surface area contributed by atoms with E-state index in [1.54, 1.807) is 0 Å². The normalized spacial score (nSPS) is 17.4. The van der Waals surface area contributed by atoms with Crippen molar-refractivity contribution in [1.82, 2.24) is 0 Å². The van der Waals surface area contributed by atoms with E-state index in [9.17, 15) is 25.2 Å². The van der Waals surface area contributed by atoms with Crippen LogP contribution in [0.5, 0.6) is 0 Å². The van der Waals surface area contributed by atoms with Gasteiger partial charge in [-0.05, 0) is 0 Å². The molecule has 0 aliphatic carbocycles. The maximum Gasteiger partial charge on any atom is 1.00 e. The van der Waals surface area contributed by atoms with Crippen molar-refractivity contribution in [2.75, 3.05) is 0 Å². The molecule has 10 heavy (non-hydrogen) atoms. The van der Waals surface area contributed by atoms with Crippen molar-refractivity contribution < 1.29 is 31.8 Å². The summed E-state index contributed by atoms with van der Waals surface area (Å²) in [4.78, 5) is 8.11. The van der Waals surface area contributed by atoms with Crippen LogP contribution in [-0.4, -0.2) is 5.21 Å². The maximum atomic E-state index is 9.87. The molecule has 0 saturated carbocycles. The van der Waals surface area contributed by atoms with Crippen molar-refractivity contribution in [3.63, 3.8) is 0 Å². The van der Waals surface area contributed by atoms with Gasteiger partial charge in [0.2, 0.25) is 0 Å². The van der Waals surface area contributed by atoms with Crippen molar-refractivity contribution in [3.8, 4) is 0 Å². The molecule has 0 unspecified atom stereocenters. The molecule has 0 aromatic heterocycles. The second kappa shape index (κ2) is 1.94. The van der Waals surface area contributed by atoms with Gasteiger partial charge >= 0.3 is 34.4 Å². The van der Waals surface area contributed by atoms with Crippen LogP contribution in [0.1, 0.15) is 1.43 Å². The van der Waals surface area contributed by atoms with E-state index in [0.29, 0.717) is 0 Å². The maximum absolute atomic E-state index is 10.7. The zero-order valence-corrected chi connectivity index (χ0v) is 4.91. The van der Waals surface area contributed by atoms with E-state index >= 15 is 0 Å². The Morgan fingerprint density at radius 1 is 1.10 bits per heavy atom. The molecule has 10 heteroatoms. The molecule has 0 fully saturated rings. The van der Waals surface area contributed by atoms with Gasteiger partial charge in [0.25, 0.3) is 0 Å². The van der Waals surface area contributed by atoms with E-state index < -0.39 is 7.81 Å². The van der Waals surface area contributed by atoms with Crippen LogP contribution in [-0.2, 0) is 0 Å². The molecule has 0 rings (SSSR count). The Bertz CT molecular complexity index is 110. The smallest absolute Gasteiger partial charge is 0.379 e. The number of hydrogen-bond donors (Lipinski definition) is 1. The van der Waals surface area contributed by atoms with Gasteiger partial charge in [-0.1, -0.05) is 0 Å². The van der Waals surface area contributed by atoms with Gasteiger partial charge in [0.15, 0.2) is 5.34 Å². The van der Waals surface area contributed by atoms with Crippen LogP contribution >= 0.6 is 7.81 Å². The summed E-state index contributed by atoms with van der Waals surface area (Å²) in [5.41, 5.74) is 0. The van der Waals surface area contributed by atoms with Gasteiger partial charge in [-0.3, -0.25) is 0 Å². The van der Waals surface area contributed by atoms with Gasteiger partial charge in [-0.25, -0.2) is 0 Å². The number of rotatable bonds is 0. The van der Waals surface area contributed by atoms with Gasteiger partial charge in [-0.2, -0.15) is 0 Å². The minimum atomic E-state index is -10.7. The van der Waals surface area contributed by atoms with E-state index in [4.69, 9.17) is 10.1 Å². The molecule has 0 aromatic carbocycles. The van der Waals surface area contributed by atoms with Gasteiger partial charge in [0.1, 0.15) is 0 Å². The van der Waals surface area contributed by atoms with Gasteiger partial charge in [0.05, 0.1) is 0 Å².